The number of amides is 1. The molecule has 0 atom stereocenters. The minimum absolute atomic E-state index is 0.281. The average Bonchev–Trinajstić information content (AvgIpc) is 2.65. The molecular formula is C20H23BrN2O2S2. The molecule has 2 rings (SSSR count). The first-order valence-electron chi connectivity index (χ1n) is 8.53. The van der Waals surface area contributed by atoms with Gasteiger partial charge >= 0.3 is 0 Å². The number of thiocarbonyl (C=S) groups is 1. The van der Waals surface area contributed by atoms with Crippen LogP contribution in [0.25, 0.3) is 0 Å². The number of hydrogen-bond acceptors (Lipinski definition) is 4. The van der Waals surface area contributed by atoms with Gasteiger partial charge < -0.3 is 10.1 Å². The van der Waals surface area contributed by atoms with Crippen LogP contribution < -0.4 is 15.4 Å². The van der Waals surface area contributed by atoms with Gasteiger partial charge in [0.15, 0.2) is 5.11 Å². The summed E-state index contributed by atoms with van der Waals surface area (Å²) in [5.74, 6) is 0.606. The second-order valence-electron chi connectivity index (χ2n) is 6.33. The van der Waals surface area contributed by atoms with E-state index in [0.29, 0.717) is 30.4 Å². The molecule has 0 saturated heterocycles. The van der Waals surface area contributed by atoms with E-state index in [-0.39, 0.29) is 11.0 Å². The number of hydrogen-bond donors (Lipinski definition) is 2. The molecule has 2 N–H and O–H groups in total. The summed E-state index contributed by atoms with van der Waals surface area (Å²) in [6, 6.07) is 13.6. The van der Waals surface area contributed by atoms with Crippen LogP contribution in [0.5, 0.6) is 5.75 Å². The Kier molecular flexibility index (Phi) is 8.60. The molecule has 0 aromatic heterocycles. The summed E-state index contributed by atoms with van der Waals surface area (Å²) in [4.78, 5) is 13.8. The Morgan fingerprint density at radius 1 is 1.22 bits per heavy atom. The Morgan fingerprint density at radius 3 is 2.56 bits per heavy atom. The Labute approximate surface area is 178 Å². The van der Waals surface area contributed by atoms with E-state index in [0.717, 1.165) is 10.0 Å². The molecule has 0 aliphatic rings. The quantitative estimate of drug-likeness (QED) is 0.443. The van der Waals surface area contributed by atoms with Crippen LogP contribution in [0.15, 0.2) is 51.8 Å². The summed E-state index contributed by atoms with van der Waals surface area (Å²) in [5, 5.41) is 6.06. The van der Waals surface area contributed by atoms with E-state index in [2.05, 4.69) is 52.5 Å². The monoisotopic (exact) mass is 466 g/mol. The van der Waals surface area contributed by atoms with Crippen molar-refractivity contribution in [3.63, 3.8) is 0 Å². The number of thioether (sulfide) groups is 1. The molecule has 0 spiro atoms. The van der Waals surface area contributed by atoms with Gasteiger partial charge in [0.1, 0.15) is 5.75 Å². The molecule has 0 saturated carbocycles. The van der Waals surface area contributed by atoms with Crippen LogP contribution in [0.2, 0.25) is 0 Å². The normalized spacial score (nSPS) is 10.6. The highest BCUT2D eigenvalue weighted by atomic mass is 79.9. The summed E-state index contributed by atoms with van der Waals surface area (Å²) < 4.78 is 6.56. The van der Waals surface area contributed by atoms with Gasteiger partial charge in [0.2, 0.25) is 0 Å². The molecule has 7 heteroatoms. The van der Waals surface area contributed by atoms with Gasteiger partial charge in [-0.25, -0.2) is 0 Å². The first kappa shape index (κ1) is 21.7. The van der Waals surface area contributed by atoms with Gasteiger partial charge in [0.05, 0.1) is 12.2 Å². The van der Waals surface area contributed by atoms with Gasteiger partial charge in [-0.05, 0) is 60.3 Å². The zero-order valence-electron chi connectivity index (χ0n) is 15.5. The summed E-state index contributed by atoms with van der Waals surface area (Å²) in [6.07, 6.45) is 2.04. The van der Waals surface area contributed by atoms with E-state index in [9.17, 15) is 4.79 Å². The van der Waals surface area contributed by atoms with Crippen molar-refractivity contribution in [3.8, 4) is 5.75 Å². The molecule has 0 aliphatic heterocycles. The molecule has 0 unspecified atom stereocenters. The van der Waals surface area contributed by atoms with Gasteiger partial charge in [-0.1, -0.05) is 41.9 Å². The van der Waals surface area contributed by atoms with Crippen molar-refractivity contribution in [3.05, 3.63) is 58.1 Å². The SMILES string of the molecule is CSc1ccc(CNC(=S)NC(=O)c2cc(Br)ccc2OCC(C)C)cc1. The molecule has 2 aromatic carbocycles. The number of nitrogens with one attached hydrogen (secondary N) is 2. The van der Waals surface area contributed by atoms with Crippen LogP contribution in [0.1, 0.15) is 29.8 Å². The maximum absolute atomic E-state index is 12.6. The third-order valence-corrected chi connectivity index (χ3v) is 5.08. The molecule has 0 heterocycles. The predicted molar refractivity (Wildman–Crippen MR) is 120 cm³/mol. The van der Waals surface area contributed by atoms with Crippen molar-refractivity contribution in [2.75, 3.05) is 12.9 Å². The number of benzene rings is 2. The molecule has 27 heavy (non-hydrogen) atoms. The second kappa shape index (κ2) is 10.7. The molecular weight excluding hydrogens is 444 g/mol. The van der Waals surface area contributed by atoms with Gasteiger partial charge in [-0.2, -0.15) is 0 Å². The van der Waals surface area contributed by atoms with Crippen LogP contribution in [0.3, 0.4) is 0 Å². The number of rotatable bonds is 7. The highest BCUT2D eigenvalue weighted by Gasteiger charge is 2.15. The fraction of sp³-hybridized carbons (Fsp3) is 0.300. The Hall–Kier alpha value is -1.57. The summed E-state index contributed by atoms with van der Waals surface area (Å²) >= 11 is 10.4. The van der Waals surface area contributed by atoms with E-state index < -0.39 is 0 Å². The lowest BCUT2D eigenvalue weighted by atomic mass is 10.2. The standard InChI is InChI=1S/C20H23BrN2O2S2/c1-13(2)12-25-18-9-6-15(21)10-17(18)19(24)23-20(26)22-11-14-4-7-16(27-3)8-5-14/h4-10,13H,11-12H2,1-3H3,(H2,22,23,24,26). The zero-order valence-corrected chi connectivity index (χ0v) is 18.8. The van der Waals surface area contributed by atoms with Crippen LogP contribution in [0, 0.1) is 5.92 Å². The van der Waals surface area contributed by atoms with E-state index in [4.69, 9.17) is 17.0 Å². The second-order valence-corrected chi connectivity index (χ2v) is 8.53. The first-order valence-corrected chi connectivity index (χ1v) is 11.0. The van der Waals surface area contributed by atoms with Crippen molar-refractivity contribution in [1.29, 1.82) is 0 Å². The predicted octanol–water partition coefficient (Wildman–Crippen LogP) is 5.01. The Balaban J connectivity index is 1.96. The molecule has 2 aromatic rings. The van der Waals surface area contributed by atoms with Gasteiger partial charge in [-0.3, -0.25) is 10.1 Å². The molecule has 1 amide bonds. The zero-order chi connectivity index (χ0) is 19.8. The molecule has 0 bridgehead atoms. The summed E-state index contributed by atoms with van der Waals surface area (Å²) in [7, 11) is 0. The van der Waals surface area contributed by atoms with Gasteiger partial charge in [-0.15, -0.1) is 11.8 Å². The van der Waals surface area contributed by atoms with Crippen LogP contribution >= 0.6 is 39.9 Å². The maximum atomic E-state index is 12.6. The average molecular weight is 467 g/mol. The lowest BCUT2D eigenvalue weighted by Crippen LogP contribution is -2.39. The van der Waals surface area contributed by atoms with E-state index >= 15 is 0 Å². The lowest BCUT2D eigenvalue weighted by molar-refractivity contribution is 0.0971. The lowest BCUT2D eigenvalue weighted by Gasteiger charge is -2.14. The number of carbonyl (C=O) groups is 1. The van der Waals surface area contributed by atoms with E-state index in [1.165, 1.54) is 4.90 Å². The third-order valence-electron chi connectivity index (χ3n) is 3.60. The first-order chi connectivity index (χ1) is 12.9. The number of ether oxygens (including phenoxy) is 1. The summed E-state index contributed by atoms with van der Waals surface area (Å²) in [5.41, 5.74) is 1.53. The highest BCUT2D eigenvalue weighted by Crippen LogP contribution is 2.24. The molecule has 0 radical (unpaired) electrons. The molecule has 0 aliphatic carbocycles. The Morgan fingerprint density at radius 2 is 1.93 bits per heavy atom. The number of carbonyl (C=O) groups excluding carboxylic acids is 1. The topological polar surface area (TPSA) is 50.4 Å². The van der Waals surface area contributed by atoms with Crippen LogP contribution in [-0.2, 0) is 6.54 Å². The molecule has 0 fully saturated rings. The van der Waals surface area contributed by atoms with Gasteiger partial charge in [0, 0.05) is 15.9 Å². The van der Waals surface area contributed by atoms with Crippen molar-refractivity contribution in [1.82, 2.24) is 10.6 Å². The smallest absolute Gasteiger partial charge is 0.261 e. The van der Waals surface area contributed by atoms with Crippen molar-refractivity contribution in [2.45, 2.75) is 25.3 Å². The van der Waals surface area contributed by atoms with Crippen LogP contribution in [-0.4, -0.2) is 23.9 Å². The maximum Gasteiger partial charge on any atom is 0.261 e. The fourth-order valence-corrected chi connectivity index (χ4v) is 3.14. The van der Waals surface area contributed by atoms with Crippen molar-refractivity contribution < 1.29 is 9.53 Å². The summed E-state index contributed by atoms with van der Waals surface area (Å²) in [6.45, 7) is 5.20. The van der Waals surface area contributed by atoms with E-state index in [1.807, 2.05) is 24.5 Å². The highest BCUT2D eigenvalue weighted by molar-refractivity contribution is 9.10. The molecule has 144 valence electrons. The third kappa shape index (κ3) is 7.16. The number of halogens is 1. The van der Waals surface area contributed by atoms with Gasteiger partial charge in [0.25, 0.3) is 5.91 Å². The minimum atomic E-state index is -0.301. The van der Waals surface area contributed by atoms with E-state index in [1.54, 1.807) is 23.9 Å². The largest absolute Gasteiger partial charge is 0.492 e. The minimum Gasteiger partial charge on any atom is -0.492 e. The van der Waals surface area contributed by atoms with Crippen molar-refractivity contribution >= 4 is 50.9 Å². The molecule has 4 nitrogen and oxygen atoms in total. The van der Waals surface area contributed by atoms with Crippen LogP contribution in [0.4, 0.5) is 0 Å². The van der Waals surface area contributed by atoms with Crippen molar-refractivity contribution in [2.24, 2.45) is 5.92 Å². The fourth-order valence-electron chi connectivity index (χ4n) is 2.20. The Bertz CT molecular complexity index is 795.